The molecule has 0 unspecified atom stereocenters. The van der Waals surface area contributed by atoms with Gasteiger partial charge in [0.25, 0.3) is 0 Å². The van der Waals surface area contributed by atoms with Gasteiger partial charge in [0.05, 0.1) is 8.07 Å². The van der Waals surface area contributed by atoms with Crippen molar-refractivity contribution in [2.45, 2.75) is 134 Å². The average molecular weight is 553 g/mol. The Hall–Kier alpha value is -0.369. The van der Waals surface area contributed by atoms with Gasteiger partial charge in [0, 0.05) is 0 Å². The van der Waals surface area contributed by atoms with Crippen molar-refractivity contribution < 1.29 is 18.9 Å². The maximum atomic E-state index is 5.67. The SMILES string of the molecule is CC1=C(C)C(C)=C(C)C1.CC1=C(C)C([Si](C)(C)C)C(C)=C1C.C[Si](C)(C)Cl.Cc1[cH-]c(C)c(C)c1C.[Li+]. The number of halogens is 1. The Morgan fingerprint density at radius 1 is 0.568 bits per heavy atom. The van der Waals surface area contributed by atoms with E-state index in [1.807, 2.05) is 0 Å². The van der Waals surface area contributed by atoms with Crippen molar-refractivity contribution in [3.63, 3.8) is 0 Å². The predicted octanol–water partition coefficient (Wildman–Crippen LogP) is 9.15. The second-order valence-electron chi connectivity index (χ2n) is 13.2. The van der Waals surface area contributed by atoms with Crippen molar-refractivity contribution >= 4 is 26.5 Å². The van der Waals surface area contributed by atoms with Crippen molar-refractivity contribution in [2.24, 2.45) is 0 Å². The fourth-order valence-electron chi connectivity index (χ4n) is 5.08. The molecule has 4 heteroatoms. The largest absolute Gasteiger partial charge is 1.00 e. The fraction of sp³-hybridized carbons (Fsp3) is 0.606. The summed E-state index contributed by atoms with van der Waals surface area (Å²) in [4.78, 5) is 0. The van der Waals surface area contributed by atoms with Gasteiger partial charge in [0.15, 0.2) is 0 Å². The molecular formula is C33H58ClLiSi2. The molecule has 3 rings (SSSR count). The van der Waals surface area contributed by atoms with Gasteiger partial charge >= 0.3 is 18.9 Å². The van der Waals surface area contributed by atoms with Gasteiger partial charge in [-0.2, -0.15) is 39.4 Å². The van der Waals surface area contributed by atoms with E-state index in [0.717, 1.165) is 5.54 Å². The van der Waals surface area contributed by atoms with Crippen LogP contribution in [0.4, 0.5) is 0 Å². The molecule has 0 amide bonds. The maximum absolute atomic E-state index is 5.67. The van der Waals surface area contributed by atoms with Gasteiger partial charge in [-0.25, -0.2) is 0 Å². The van der Waals surface area contributed by atoms with Crippen molar-refractivity contribution in [3.05, 3.63) is 72.9 Å². The fourth-order valence-corrected chi connectivity index (χ4v) is 8.12. The number of rotatable bonds is 1. The third kappa shape index (κ3) is 12.1. The standard InChI is InChI=1S/C12H22Si.C9H14.C9H13.C3H9ClSi.Li/c1-8-9(2)11(4)12(10(8)3)13(5,6)7;2*1-6-5-7(2)9(4)8(6)3;1-5(2,3)4;/h12H,1-7H3;5H2,1-4H3;5H,1-4H3;1-3H3;/q;;-1;;+1. The number of hydrogen-bond acceptors (Lipinski definition) is 0. The van der Waals surface area contributed by atoms with Crippen molar-refractivity contribution in [1.29, 1.82) is 0 Å². The van der Waals surface area contributed by atoms with Crippen LogP contribution in [-0.2, 0) is 0 Å². The third-order valence-corrected chi connectivity index (χ3v) is 10.6. The van der Waals surface area contributed by atoms with Crippen LogP contribution in [0.1, 0.15) is 84.1 Å². The van der Waals surface area contributed by atoms with Gasteiger partial charge in [0.1, 0.15) is 7.38 Å². The Kier molecular flexibility index (Phi) is 16.2. The summed E-state index contributed by atoms with van der Waals surface area (Å²) in [6.07, 6.45) is 1.21. The molecule has 0 nitrogen and oxygen atoms in total. The molecule has 0 aromatic heterocycles. The summed E-state index contributed by atoms with van der Waals surface area (Å²) in [5.74, 6) is 0. The molecule has 0 saturated heterocycles. The molecule has 1 aromatic rings. The first kappa shape index (κ1) is 38.8. The molecule has 37 heavy (non-hydrogen) atoms. The third-order valence-electron chi connectivity index (χ3n) is 8.03. The molecule has 2 aliphatic rings. The van der Waals surface area contributed by atoms with E-state index in [0.29, 0.717) is 0 Å². The Labute approximate surface area is 251 Å². The zero-order chi connectivity index (χ0) is 28.9. The molecular weight excluding hydrogens is 495 g/mol. The minimum absolute atomic E-state index is 0. The van der Waals surface area contributed by atoms with Crippen LogP contribution in [0.25, 0.3) is 0 Å². The molecule has 0 atom stereocenters. The summed E-state index contributed by atoms with van der Waals surface area (Å²) in [6.45, 7) is 40.4. The van der Waals surface area contributed by atoms with E-state index >= 15 is 0 Å². The minimum Gasteiger partial charge on any atom is -0.196 e. The van der Waals surface area contributed by atoms with Crippen LogP contribution in [-0.4, -0.2) is 15.5 Å². The van der Waals surface area contributed by atoms with E-state index in [4.69, 9.17) is 11.1 Å². The summed E-state index contributed by atoms with van der Waals surface area (Å²) in [5, 5.41) is 0. The molecule has 2 aliphatic carbocycles. The van der Waals surface area contributed by atoms with E-state index < -0.39 is 15.5 Å². The van der Waals surface area contributed by atoms with Gasteiger partial charge < -0.3 is 0 Å². The summed E-state index contributed by atoms with van der Waals surface area (Å²) in [6, 6.07) is 2.24. The van der Waals surface area contributed by atoms with Crippen LogP contribution < -0.4 is 18.9 Å². The Bertz CT molecular complexity index is 973. The predicted molar refractivity (Wildman–Crippen MR) is 175 cm³/mol. The summed E-state index contributed by atoms with van der Waals surface area (Å²) in [5.41, 5.74) is 19.0. The topological polar surface area (TPSA) is 0 Å². The van der Waals surface area contributed by atoms with E-state index in [2.05, 4.69) is 128 Å². The van der Waals surface area contributed by atoms with Crippen LogP contribution in [0.2, 0.25) is 44.8 Å². The van der Waals surface area contributed by atoms with Gasteiger partial charge in [-0.05, 0) is 89.6 Å². The smallest absolute Gasteiger partial charge is 0.196 e. The summed E-state index contributed by atoms with van der Waals surface area (Å²) in [7, 11) is -2.19. The van der Waals surface area contributed by atoms with Crippen molar-refractivity contribution in [2.75, 3.05) is 0 Å². The van der Waals surface area contributed by atoms with Gasteiger partial charge in [0.2, 0.25) is 0 Å². The van der Waals surface area contributed by atoms with Crippen LogP contribution in [0, 0.1) is 27.7 Å². The van der Waals surface area contributed by atoms with Crippen LogP contribution >= 0.6 is 11.1 Å². The monoisotopic (exact) mass is 552 g/mol. The van der Waals surface area contributed by atoms with Crippen LogP contribution in [0.15, 0.2) is 50.7 Å². The second-order valence-corrected chi connectivity index (χ2v) is 26.1. The molecule has 0 aliphatic heterocycles. The Morgan fingerprint density at radius 2 is 0.838 bits per heavy atom. The molecule has 1 aromatic carbocycles. The summed E-state index contributed by atoms with van der Waals surface area (Å²) >= 11 is 5.67. The second kappa shape index (κ2) is 15.4. The molecule has 0 N–H and O–H groups in total. The Morgan fingerprint density at radius 3 is 0.946 bits per heavy atom. The molecule has 0 bridgehead atoms. The Balaban J connectivity index is 0. The van der Waals surface area contributed by atoms with Crippen molar-refractivity contribution in [3.8, 4) is 0 Å². The number of allylic oxidation sites excluding steroid dienone is 8. The molecule has 0 saturated carbocycles. The molecule has 206 valence electrons. The molecule has 0 fully saturated rings. The van der Waals surface area contributed by atoms with E-state index in [1.54, 1.807) is 33.4 Å². The number of aryl methyl sites for hydroxylation is 2. The molecule has 0 heterocycles. The molecule has 0 radical (unpaired) electrons. The number of hydrogen-bond donors (Lipinski definition) is 0. The minimum atomic E-state index is -1.14. The van der Waals surface area contributed by atoms with Gasteiger partial charge in [-0.3, -0.25) is 0 Å². The zero-order valence-corrected chi connectivity index (χ0v) is 31.0. The van der Waals surface area contributed by atoms with E-state index in [-0.39, 0.29) is 18.9 Å². The van der Waals surface area contributed by atoms with Crippen LogP contribution in [0.5, 0.6) is 0 Å². The van der Waals surface area contributed by atoms with Crippen LogP contribution in [0.3, 0.4) is 0 Å². The van der Waals surface area contributed by atoms with Gasteiger partial charge in [-0.15, -0.1) is 0 Å². The quantitative estimate of drug-likeness (QED) is 0.185. The first-order valence-corrected chi connectivity index (χ1v) is 21.7. The average Bonchev–Trinajstić information content (AvgIpc) is 3.16. The normalized spacial score (nSPS) is 16.2. The van der Waals surface area contributed by atoms with E-state index in [9.17, 15) is 0 Å². The van der Waals surface area contributed by atoms with E-state index in [1.165, 1.54) is 39.8 Å². The van der Waals surface area contributed by atoms with Crippen molar-refractivity contribution in [1.82, 2.24) is 0 Å². The molecule has 0 spiro atoms. The maximum Gasteiger partial charge on any atom is 1.00 e. The first-order chi connectivity index (χ1) is 16.0. The summed E-state index contributed by atoms with van der Waals surface area (Å²) < 4.78 is 0. The zero-order valence-electron chi connectivity index (χ0n) is 28.2. The van der Waals surface area contributed by atoms with Gasteiger partial charge in [-0.1, -0.05) is 89.3 Å². The first-order valence-electron chi connectivity index (χ1n) is 13.6.